The van der Waals surface area contributed by atoms with Gasteiger partial charge in [0.15, 0.2) is 0 Å². The maximum atomic E-state index is 3.78. The Morgan fingerprint density at radius 1 is 0.778 bits per heavy atom. The summed E-state index contributed by atoms with van der Waals surface area (Å²) in [5.74, 6) is 4.87. The third kappa shape index (κ3) is 3.49. The second-order valence-corrected chi connectivity index (χ2v) is 6.80. The third-order valence-corrected chi connectivity index (χ3v) is 5.60. The molecule has 5 atom stereocenters. The summed E-state index contributed by atoms with van der Waals surface area (Å²) in [4.78, 5) is 0. The maximum absolute atomic E-state index is 3.78. The van der Waals surface area contributed by atoms with E-state index >= 15 is 0 Å². The Balaban J connectivity index is 0.000000134. The number of fused-ring (bicyclic) bond motifs is 2. The number of allylic oxidation sites excluding steroid dienone is 2. The minimum atomic E-state index is 0.771. The van der Waals surface area contributed by atoms with E-state index in [0.29, 0.717) is 0 Å². The molecule has 0 heteroatoms. The van der Waals surface area contributed by atoms with Crippen LogP contribution < -0.4 is 0 Å². The minimum absolute atomic E-state index is 0.771. The van der Waals surface area contributed by atoms with Crippen LogP contribution in [-0.4, -0.2) is 0 Å². The summed E-state index contributed by atoms with van der Waals surface area (Å²) in [6.45, 7) is 9.99. The Bertz CT molecular complexity index is 264. The second kappa shape index (κ2) is 6.59. The summed E-state index contributed by atoms with van der Waals surface area (Å²) >= 11 is 0. The van der Waals surface area contributed by atoms with Gasteiger partial charge in [-0.3, -0.25) is 0 Å². The van der Waals surface area contributed by atoms with Crippen molar-refractivity contribution < 1.29 is 0 Å². The van der Waals surface area contributed by atoms with Gasteiger partial charge in [-0.05, 0) is 61.7 Å². The molecule has 3 fully saturated rings. The van der Waals surface area contributed by atoms with Gasteiger partial charge in [0.05, 0.1) is 0 Å². The molecule has 18 heavy (non-hydrogen) atoms. The van der Waals surface area contributed by atoms with E-state index in [9.17, 15) is 0 Å². The smallest absolute Gasteiger partial charge is 0.0230 e. The molecular formula is C18H30. The highest BCUT2D eigenvalue weighted by atomic mass is 14.4. The number of hydrogen-bond donors (Lipinski definition) is 0. The molecule has 0 aromatic heterocycles. The number of hydrogen-bond acceptors (Lipinski definition) is 0. The predicted octanol–water partition coefficient (Wildman–Crippen LogP) is 5.61. The van der Waals surface area contributed by atoms with Gasteiger partial charge in [-0.1, -0.05) is 38.3 Å². The molecule has 0 radical (unpaired) electrons. The molecule has 3 aliphatic rings. The van der Waals surface area contributed by atoms with Crippen molar-refractivity contribution in [2.75, 3.05) is 0 Å². The van der Waals surface area contributed by atoms with Gasteiger partial charge in [0, 0.05) is 0 Å². The summed E-state index contributed by atoms with van der Waals surface area (Å²) in [7, 11) is 0. The largest absolute Gasteiger partial charge is 0.103 e. The lowest BCUT2D eigenvalue weighted by molar-refractivity contribution is 0.265. The fourth-order valence-electron chi connectivity index (χ4n) is 4.11. The van der Waals surface area contributed by atoms with Crippen molar-refractivity contribution in [1.29, 1.82) is 0 Å². The molecule has 3 aliphatic carbocycles. The zero-order valence-electron chi connectivity index (χ0n) is 12.1. The molecule has 0 saturated heterocycles. The predicted molar refractivity (Wildman–Crippen MR) is 80.5 cm³/mol. The van der Waals surface area contributed by atoms with E-state index < -0.39 is 0 Å². The Morgan fingerprint density at radius 2 is 1.39 bits per heavy atom. The highest BCUT2D eigenvalue weighted by molar-refractivity contribution is 4.93. The second-order valence-electron chi connectivity index (χ2n) is 6.80. The van der Waals surface area contributed by atoms with Gasteiger partial charge in [0.1, 0.15) is 0 Å². The van der Waals surface area contributed by atoms with Gasteiger partial charge in [-0.15, -0.1) is 13.2 Å². The highest BCUT2D eigenvalue weighted by Crippen LogP contribution is 2.44. The quantitative estimate of drug-likeness (QED) is 0.556. The Kier molecular flexibility index (Phi) is 5.09. The standard InChI is InChI=1S/C9H16.C9H14/c1-7-2-3-8-4-5-9(7)6-8;1-3-8-5-6-9(4-2)7-8/h7-9H,2-6H2,1H3;3-4,8-9H,1-2,5-7H2. The van der Waals surface area contributed by atoms with Crippen LogP contribution in [-0.2, 0) is 0 Å². The van der Waals surface area contributed by atoms with E-state index in [0.717, 1.165) is 29.6 Å². The Morgan fingerprint density at radius 3 is 1.89 bits per heavy atom. The summed E-state index contributed by atoms with van der Waals surface area (Å²) in [6.07, 6.45) is 15.8. The first-order valence-electron chi connectivity index (χ1n) is 7.98. The van der Waals surface area contributed by atoms with Crippen molar-refractivity contribution in [3.05, 3.63) is 25.3 Å². The zero-order valence-corrected chi connectivity index (χ0v) is 12.1. The van der Waals surface area contributed by atoms with Gasteiger partial charge in [0.25, 0.3) is 0 Å². The molecule has 0 heterocycles. The first-order valence-corrected chi connectivity index (χ1v) is 7.98. The van der Waals surface area contributed by atoms with Crippen LogP contribution in [0.25, 0.3) is 0 Å². The van der Waals surface area contributed by atoms with Crippen LogP contribution in [0, 0.1) is 29.6 Å². The SMILES string of the molecule is C=CC1CCC(C=C)C1.CC1CCC2CCC1C2. The van der Waals surface area contributed by atoms with Crippen LogP contribution in [0.5, 0.6) is 0 Å². The lowest BCUT2D eigenvalue weighted by atomic mass is 9.81. The lowest BCUT2D eigenvalue weighted by Crippen LogP contribution is -2.14. The van der Waals surface area contributed by atoms with Crippen molar-refractivity contribution in [2.45, 2.75) is 58.3 Å². The van der Waals surface area contributed by atoms with Crippen molar-refractivity contribution in [2.24, 2.45) is 29.6 Å². The van der Waals surface area contributed by atoms with Crippen LogP contribution in [0.4, 0.5) is 0 Å². The van der Waals surface area contributed by atoms with E-state index in [1.54, 1.807) is 19.3 Å². The normalized spacial score (nSPS) is 41.9. The first-order chi connectivity index (χ1) is 8.72. The summed E-state index contributed by atoms with van der Waals surface area (Å²) in [5, 5.41) is 0. The zero-order chi connectivity index (χ0) is 13.0. The molecule has 102 valence electrons. The van der Waals surface area contributed by atoms with E-state index in [1.165, 1.54) is 32.1 Å². The highest BCUT2D eigenvalue weighted by Gasteiger charge is 2.32. The van der Waals surface area contributed by atoms with Gasteiger partial charge < -0.3 is 0 Å². The third-order valence-electron chi connectivity index (χ3n) is 5.60. The van der Waals surface area contributed by atoms with Crippen molar-refractivity contribution in [3.8, 4) is 0 Å². The van der Waals surface area contributed by atoms with Crippen molar-refractivity contribution in [1.82, 2.24) is 0 Å². The van der Waals surface area contributed by atoms with Gasteiger partial charge in [0.2, 0.25) is 0 Å². The van der Waals surface area contributed by atoms with Crippen molar-refractivity contribution in [3.63, 3.8) is 0 Å². The molecule has 0 aliphatic heterocycles. The van der Waals surface area contributed by atoms with Crippen LogP contribution >= 0.6 is 0 Å². The van der Waals surface area contributed by atoms with Gasteiger partial charge in [-0.2, -0.15) is 0 Å². The Hall–Kier alpha value is -0.520. The topological polar surface area (TPSA) is 0 Å². The molecule has 0 nitrogen and oxygen atoms in total. The monoisotopic (exact) mass is 246 g/mol. The molecule has 3 saturated carbocycles. The van der Waals surface area contributed by atoms with Gasteiger partial charge in [-0.25, -0.2) is 0 Å². The van der Waals surface area contributed by atoms with E-state index in [2.05, 4.69) is 32.2 Å². The molecule has 0 N–H and O–H groups in total. The molecule has 3 rings (SSSR count). The fourth-order valence-corrected chi connectivity index (χ4v) is 4.11. The van der Waals surface area contributed by atoms with Gasteiger partial charge >= 0.3 is 0 Å². The van der Waals surface area contributed by atoms with E-state index in [-0.39, 0.29) is 0 Å². The Labute approximate surface area is 114 Å². The molecule has 0 amide bonds. The van der Waals surface area contributed by atoms with Crippen molar-refractivity contribution >= 4 is 0 Å². The lowest BCUT2D eigenvalue weighted by Gasteiger charge is -2.24. The van der Waals surface area contributed by atoms with Crippen LogP contribution in [0.3, 0.4) is 0 Å². The van der Waals surface area contributed by atoms with E-state index in [1.807, 2.05) is 0 Å². The molecular weight excluding hydrogens is 216 g/mol. The fraction of sp³-hybridized carbons (Fsp3) is 0.778. The molecule has 0 spiro atoms. The minimum Gasteiger partial charge on any atom is -0.103 e. The molecule has 5 unspecified atom stereocenters. The summed E-state index contributed by atoms with van der Waals surface area (Å²) in [5.41, 5.74) is 0. The van der Waals surface area contributed by atoms with Crippen LogP contribution in [0.2, 0.25) is 0 Å². The summed E-state index contributed by atoms with van der Waals surface area (Å²) < 4.78 is 0. The first kappa shape index (κ1) is 13.9. The van der Waals surface area contributed by atoms with Crippen LogP contribution in [0.15, 0.2) is 25.3 Å². The molecule has 2 bridgehead atoms. The molecule has 0 aromatic carbocycles. The van der Waals surface area contributed by atoms with Crippen LogP contribution in [0.1, 0.15) is 58.3 Å². The maximum Gasteiger partial charge on any atom is -0.0230 e. The average Bonchev–Trinajstić information content (AvgIpc) is 3.02. The summed E-state index contributed by atoms with van der Waals surface area (Å²) in [6, 6.07) is 0. The number of rotatable bonds is 2. The average molecular weight is 246 g/mol. The molecule has 0 aromatic rings. The van der Waals surface area contributed by atoms with E-state index in [4.69, 9.17) is 0 Å².